The van der Waals surface area contributed by atoms with Crippen molar-refractivity contribution in [1.82, 2.24) is 14.8 Å². The number of benzene rings is 2. The SMILES string of the molecule is CCN(C(=O)Cn1ncc2c([nH]c3ccccc32)c1=O)c1ccccc1. The van der Waals surface area contributed by atoms with Gasteiger partial charge in [-0.05, 0) is 25.1 Å². The monoisotopic (exact) mass is 346 g/mol. The first-order chi connectivity index (χ1) is 12.7. The fourth-order valence-corrected chi connectivity index (χ4v) is 3.21. The van der Waals surface area contributed by atoms with Gasteiger partial charge in [-0.25, -0.2) is 4.68 Å². The van der Waals surface area contributed by atoms with E-state index in [1.807, 2.05) is 61.5 Å². The summed E-state index contributed by atoms with van der Waals surface area (Å²) in [6.45, 7) is 2.32. The number of para-hydroxylation sites is 2. The van der Waals surface area contributed by atoms with E-state index >= 15 is 0 Å². The van der Waals surface area contributed by atoms with Crippen LogP contribution in [0.25, 0.3) is 21.8 Å². The Kier molecular flexibility index (Phi) is 4.01. The maximum Gasteiger partial charge on any atom is 0.291 e. The quantitative estimate of drug-likeness (QED) is 0.618. The van der Waals surface area contributed by atoms with Crippen LogP contribution in [0.2, 0.25) is 0 Å². The van der Waals surface area contributed by atoms with Crippen molar-refractivity contribution >= 4 is 33.4 Å². The smallest absolute Gasteiger partial charge is 0.291 e. The molecule has 4 rings (SSSR count). The summed E-state index contributed by atoms with van der Waals surface area (Å²) in [5, 5.41) is 5.93. The number of hydrogen-bond acceptors (Lipinski definition) is 3. The van der Waals surface area contributed by atoms with Gasteiger partial charge in [0, 0.05) is 28.5 Å². The Morgan fingerprint density at radius 1 is 1.08 bits per heavy atom. The summed E-state index contributed by atoms with van der Waals surface area (Å²) in [6.07, 6.45) is 1.64. The molecule has 1 amide bonds. The molecule has 0 radical (unpaired) electrons. The Bertz CT molecular complexity index is 1140. The lowest BCUT2D eigenvalue weighted by Crippen LogP contribution is -2.37. The molecule has 130 valence electrons. The molecule has 0 aliphatic rings. The average Bonchev–Trinajstić information content (AvgIpc) is 3.05. The molecule has 0 aliphatic heterocycles. The highest BCUT2D eigenvalue weighted by Crippen LogP contribution is 2.21. The number of fused-ring (bicyclic) bond motifs is 3. The number of hydrogen-bond donors (Lipinski definition) is 1. The number of aromatic nitrogens is 3. The number of nitrogens with one attached hydrogen (secondary N) is 1. The van der Waals surface area contributed by atoms with Gasteiger partial charge in [0.2, 0.25) is 5.91 Å². The normalized spacial score (nSPS) is 11.1. The topological polar surface area (TPSA) is 71.0 Å². The predicted molar refractivity (Wildman–Crippen MR) is 102 cm³/mol. The fraction of sp³-hybridized carbons (Fsp3) is 0.150. The molecule has 2 aromatic carbocycles. The van der Waals surface area contributed by atoms with Crippen molar-refractivity contribution in [2.45, 2.75) is 13.5 Å². The highest BCUT2D eigenvalue weighted by molar-refractivity contribution is 6.06. The van der Waals surface area contributed by atoms with Crippen molar-refractivity contribution in [3.8, 4) is 0 Å². The van der Waals surface area contributed by atoms with E-state index in [4.69, 9.17) is 0 Å². The van der Waals surface area contributed by atoms with E-state index in [0.717, 1.165) is 22.0 Å². The summed E-state index contributed by atoms with van der Waals surface area (Å²) in [5.74, 6) is -0.177. The van der Waals surface area contributed by atoms with Gasteiger partial charge in [-0.15, -0.1) is 0 Å². The van der Waals surface area contributed by atoms with Crippen LogP contribution in [0.15, 0.2) is 65.6 Å². The molecule has 0 saturated carbocycles. The molecule has 0 fully saturated rings. The zero-order valence-electron chi connectivity index (χ0n) is 14.3. The van der Waals surface area contributed by atoms with Crippen LogP contribution in [0, 0.1) is 0 Å². The Labute approximate surface area is 149 Å². The third-order valence-electron chi connectivity index (χ3n) is 4.49. The Morgan fingerprint density at radius 2 is 1.81 bits per heavy atom. The molecule has 6 nitrogen and oxygen atoms in total. The average molecular weight is 346 g/mol. The molecule has 26 heavy (non-hydrogen) atoms. The van der Waals surface area contributed by atoms with Crippen molar-refractivity contribution < 1.29 is 4.79 Å². The number of carbonyl (C=O) groups is 1. The molecule has 2 heterocycles. The second kappa shape index (κ2) is 6.48. The molecule has 2 aromatic heterocycles. The van der Waals surface area contributed by atoms with Gasteiger partial charge in [-0.2, -0.15) is 5.10 Å². The van der Waals surface area contributed by atoms with Crippen LogP contribution in [0.1, 0.15) is 6.92 Å². The third-order valence-corrected chi connectivity index (χ3v) is 4.49. The molecule has 4 aromatic rings. The van der Waals surface area contributed by atoms with E-state index in [0.29, 0.717) is 12.1 Å². The largest absolute Gasteiger partial charge is 0.350 e. The van der Waals surface area contributed by atoms with E-state index in [-0.39, 0.29) is 18.0 Å². The predicted octanol–water partition coefficient (Wildman–Crippen LogP) is 2.93. The molecule has 0 unspecified atom stereocenters. The summed E-state index contributed by atoms with van der Waals surface area (Å²) in [5.41, 5.74) is 1.86. The number of aromatic amines is 1. The van der Waals surface area contributed by atoms with E-state index in [9.17, 15) is 9.59 Å². The van der Waals surface area contributed by atoms with Gasteiger partial charge in [0.1, 0.15) is 12.1 Å². The lowest BCUT2D eigenvalue weighted by atomic mass is 10.2. The van der Waals surface area contributed by atoms with Crippen LogP contribution < -0.4 is 10.5 Å². The van der Waals surface area contributed by atoms with Crippen LogP contribution in [-0.4, -0.2) is 27.2 Å². The minimum atomic E-state index is -0.295. The summed E-state index contributed by atoms with van der Waals surface area (Å²) >= 11 is 0. The molecule has 0 spiro atoms. The van der Waals surface area contributed by atoms with Crippen LogP contribution in [-0.2, 0) is 11.3 Å². The second-order valence-electron chi connectivity index (χ2n) is 6.04. The first-order valence-corrected chi connectivity index (χ1v) is 8.51. The van der Waals surface area contributed by atoms with Crippen LogP contribution in [0.5, 0.6) is 0 Å². The number of amides is 1. The fourth-order valence-electron chi connectivity index (χ4n) is 3.21. The van der Waals surface area contributed by atoms with E-state index < -0.39 is 0 Å². The molecule has 1 N–H and O–H groups in total. The number of H-pyrrole nitrogens is 1. The first-order valence-electron chi connectivity index (χ1n) is 8.51. The van der Waals surface area contributed by atoms with Gasteiger partial charge in [0.15, 0.2) is 0 Å². The maximum absolute atomic E-state index is 12.8. The second-order valence-corrected chi connectivity index (χ2v) is 6.04. The summed E-state index contributed by atoms with van der Waals surface area (Å²) in [6, 6.07) is 17.1. The lowest BCUT2D eigenvalue weighted by molar-refractivity contribution is -0.119. The standard InChI is InChI=1S/C20H18N4O2/c1-2-23(14-8-4-3-5-9-14)18(25)13-24-20(26)19-16(12-21-24)15-10-6-7-11-17(15)22-19/h3-12,22H,2,13H2,1H3. The minimum Gasteiger partial charge on any atom is -0.350 e. The molecule has 0 saturated heterocycles. The summed E-state index contributed by atoms with van der Waals surface area (Å²) in [7, 11) is 0. The van der Waals surface area contributed by atoms with Crippen molar-refractivity contribution in [3.63, 3.8) is 0 Å². The van der Waals surface area contributed by atoms with Crippen molar-refractivity contribution in [2.75, 3.05) is 11.4 Å². The first kappa shape index (κ1) is 16.1. The molecular formula is C20H18N4O2. The van der Waals surface area contributed by atoms with Crippen molar-refractivity contribution in [2.24, 2.45) is 0 Å². The number of rotatable bonds is 4. The van der Waals surface area contributed by atoms with Gasteiger partial charge in [-0.3, -0.25) is 9.59 Å². The van der Waals surface area contributed by atoms with Gasteiger partial charge < -0.3 is 9.88 Å². The van der Waals surface area contributed by atoms with Gasteiger partial charge in [0.25, 0.3) is 5.56 Å². The van der Waals surface area contributed by atoms with Crippen LogP contribution >= 0.6 is 0 Å². The van der Waals surface area contributed by atoms with Gasteiger partial charge >= 0.3 is 0 Å². The molecular weight excluding hydrogens is 328 g/mol. The number of carbonyl (C=O) groups excluding carboxylic acids is 1. The Balaban J connectivity index is 1.71. The highest BCUT2D eigenvalue weighted by Gasteiger charge is 2.17. The highest BCUT2D eigenvalue weighted by atomic mass is 16.2. The Morgan fingerprint density at radius 3 is 2.58 bits per heavy atom. The molecule has 0 aliphatic carbocycles. The van der Waals surface area contributed by atoms with Crippen molar-refractivity contribution in [1.29, 1.82) is 0 Å². The lowest BCUT2D eigenvalue weighted by Gasteiger charge is -2.21. The van der Waals surface area contributed by atoms with E-state index in [1.54, 1.807) is 11.1 Å². The zero-order chi connectivity index (χ0) is 18.1. The number of likely N-dealkylation sites (N-methyl/N-ethyl adjacent to an activating group) is 1. The van der Waals surface area contributed by atoms with Gasteiger partial charge in [0.05, 0.1) is 6.20 Å². The third kappa shape index (κ3) is 2.65. The van der Waals surface area contributed by atoms with Crippen LogP contribution in [0.3, 0.4) is 0 Å². The zero-order valence-corrected chi connectivity index (χ0v) is 14.3. The van der Waals surface area contributed by atoms with Crippen LogP contribution in [0.4, 0.5) is 5.69 Å². The molecule has 6 heteroatoms. The van der Waals surface area contributed by atoms with E-state index in [1.165, 1.54) is 4.68 Å². The van der Waals surface area contributed by atoms with Crippen molar-refractivity contribution in [3.05, 3.63) is 71.1 Å². The van der Waals surface area contributed by atoms with E-state index in [2.05, 4.69) is 10.1 Å². The minimum absolute atomic E-state index is 0.104. The van der Waals surface area contributed by atoms with Gasteiger partial charge in [-0.1, -0.05) is 36.4 Å². The molecule has 0 atom stereocenters. The summed E-state index contributed by atoms with van der Waals surface area (Å²) in [4.78, 5) is 30.3. The number of anilines is 1. The molecule has 0 bridgehead atoms. The number of nitrogens with zero attached hydrogens (tertiary/aromatic N) is 3. The Hall–Kier alpha value is -3.41. The maximum atomic E-state index is 12.8. The summed E-state index contributed by atoms with van der Waals surface area (Å²) < 4.78 is 1.21.